The largest absolute Gasteiger partial charge is 0.444 e. The van der Waals surface area contributed by atoms with E-state index in [4.69, 9.17) is 4.74 Å². The van der Waals surface area contributed by atoms with Gasteiger partial charge in [-0.05, 0) is 46.1 Å². The topological polar surface area (TPSA) is 64.1 Å². The van der Waals surface area contributed by atoms with Crippen molar-refractivity contribution in [3.8, 4) is 0 Å². The Bertz CT molecular complexity index is 632. The minimum Gasteiger partial charge on any atom is -0.444 e. The van der Waals surface area contributed by atoms with Gasteiger partial charge in [-0.25, -0.2) is 14.8 Å². The Kier molecular flexibility index (Phi) is 3.19. The lowest BCUT2D eigenvalue weighted by Crippen LogP contribution is -2.77. The molecule has 2 bridgehead atoms. The molecule has 5 nitrogen and oxygen atoms in total. The quantitative estimate of drug-likeness (QED) is 0.905. The number of rotatable bonds is 2. The number of halogens is 3. The van der Waals surface area contributed by atoms with Crippen LogP contribution in [0.25, 0.3) is 0 Å². The number of alkyl halides is 3. The van der Waals surface area contributed by atoms with Crippen molar-refractivity contribution in [2.75, 3.05) is 0 Å². The number of alkyl carbamates (subject to hydrolysis) is 1. The smallest absolute Gasteiger partial charge is 0.433 e. The molecule has 3 aliphatic rings. The van der Waals surface area contributed by atoms with Gasteiger partial charge in [0.05, 0.1) is 0 Å². The predicted octanol–water partition coefficient (Wildman–Crippen LogP) is 3.19. The summed E-state index contributed by atoms with van der Waals surface area (Å²) in [5, 5.41) is 2.82. The Balaban J connectivity index is 1.64. The van der Waals surface area contributed by atoms with Gasteiger partial charge in [-0.15, -0.1) is 0 Å². The Morgan fingerprint density at radius 1 is 1.26 bits per heavy atom. The average molecular weight is 329 g/mol. The van der Waals surface area contributed by atoms with Crippen molar-refractivity contribution < 1.29 is 22.7 Å². The first kappa shape index (κ1) is 16.0. The number of hydrogen-bond donors (Lipinski definition) is 1. The van der Waals surface area contributed by atoms with E-state index in [0.717, 1.165) is 12.3 Å². The van der Waals surface area contributed by atoms with Crippen LogP contribution >= 0.6 is 0 Å². The number of nitrogens with one attached hydrogen (secondary N) is 1. The second kappa shape index (κ2) is 4.58. The van der Waals surface area contributed by atoms with Crippen LogP contribution in [-0.4, -0.2) is 27.2 Å². The molecule has 3 fully saturated rings. The standard InChI is InChI=1S/C15H18F3N3O2/c1-12(2,3)23-11(22)21-14-6-13(7-14,8-14)10-19-5-4-9(20-10)15(16,17)18/h4-5H,6-8H2,1-3H3,(H,21,22). The number of amides is 1. The number of carbonyl (C=O) groups is 1. The van der Waals surface area contributed by atoms with Crippen LogP contribution in [0.1, 0.15) is 51.6 Å². The third-order valence-electron chi connectivity index (χ3n) is 4.22. The summed E-state index contributed by atoms with van der Waals surface area (Å²) in [7, 11) is 0. The maximum Gasteiger partial charge on any atom is 0.433 e. The minimum atomic E-state index is -4.48. The van der Waals surface area contributed by atoms with Crippen LogP contribution in [0.5, 0.6) is 0 Å². The van der Waals surface area contributed by atoms with Crippen LogP contribution in [0.2, 0.25) is 0 Å². The van der Waals surface area contributed by atoms with E-state index in [1.165, 1.54) is 0 Å². The molecule has 23 heavy (non-hydrogen) atoms. The lowest BCUT2D eigenvalue weighted by Gasteiger charge is -2.69. The molecule has 3 saturated carbocycles. The van der Waals surface area contributed by atoms with E-state index < -0.39 is 29.0 Å². The third-order valence-corrected chi connectivity index (χ3v) is 4.22. The highest BCUT2D eigenvalue weighted by Gasteiger charge is 2.71. The lowest BCUT2D eigenvalue weighted by atomic mass is 9.39. The predicted molar refractivity (Wildman–Crippen MR) is 74.7 cm³/mol. The van der Waals surface area contributed by atoms with E-state index in [-0.39, 0.29) is 11.4 Å². The maximum atomic E-state index is 12.7. The van der Waals surface area contributed by atoms with E-state index in [9.17, 15) is 18.0 Å². The molecule has 0 atom stereocenters. The first-order chi connectivity index (χ1) is 10.4. The first-order valence-corrected chi connectivity index (χ1v) is 7.35. The molecule has 0 aliphatic heterocycles. The van der Waals surface area contributed by atoms with Crippen molar-refractivity contribution in [2.24, 2.45) is 0 Å². The van der Waals surface area contributed by atoms with Crippen molar-refractivity contribution in [2.45, 2.75) is 62.8 Å². The van der Waals surface area contributed by atoms with Crippen LogP contribution < -0.4 is 5.32 Å². The molecular formula is C15H18F3N3O2. The fraction of sp³-hybridized carbons (Fsp3) is 0.667. The zero-order chi connectivity index (χ0) is 17.1. The zero-order valence-corrected chi connectivity index (χ0v) is 13.1. The molecule has 0 saturated heterocycles. The van der Waals surface area contributed by atoms with Crippen LogP contribution in [0.4, 0.5) is 18.0 Å². The molecule has 3 aliphatic carbocycles. The summed E-state index contributed by atoms with van der Waals surface area (Å²) in [6, 6.07) is 0.865. The fourth-order valence-corrected chi connectivity index (χ4v) is 3.45. The molecule has 126 valence electrons. The van der Waals surface area contributed by atoms with Crippen LogP contribution in [0.3, 0.4) is 0 Å². The maximum absolute atomic E-state index is 12.7. The van der Waals surface area contributed by atoms with Gasteiger partial charge in [-0.1, -0.05) is 0 Å². The van der Waals surface area contributed by atoms with Crippen LogP contribution in [0, 0.1) is 0 Å². The second-order valence-corrected chi connectivity index (χ2v) is 7.48. The van der Waals surface area contributed by atoms with Crippen molar-refractivity contribution in [3.63, 3.8) is 0 Å². The first-order valence-electron chi connectivity index (χ1n) is 7.35. The van der Waals surface area contributed by atoms with Gasteiger partial charge in [-0.2, -0.15) is 13.2 Å². The molecule has 0 radical (unpaired) electrons. The number of hydrogen-bond acceptors (Lipinski definition) is 4. The number of ether oxygens (including phenoxy) is 1. The van der Waals surface area contributed by atoms with Gasteiger partial charge in [0, 0.05) is 17.2 Å². The van der Waals surface area contributed by atoms with Gasteiger partial charge in [0.25, 0.3) is 0 Å². The Morgan fingerprint density at radius 2 is 1.87 bits per heavy atom. The van der Waals surface area contributed by atoms with E-state index in [1.54, 1.807) is 20.8 Å². The van der Waals surface area contributed by atoms with E-state index in [1.807, 2.05) is 0 Å². The minimum absolute atomic E-state index is 0.209. The number of carbonyl (C=O) groups excluding carboxylic acids is 1. The number of aromatic nitrogens is 2. The zero-order valence-electron chi connectivity index (χ0n) is 13.1. The summed E-state index contributed by atoms with van der Waals surface area (Å²) in [5.41, 5.74) is -2.35. The lowest BCUT2D eigenvalue weighted by molar-refractivity contribution is -0.142. The van der Waals surface area contributed by atoms with Gasteiger partial charge >= 0.3 is 12.3 Å². The van der Waals surface area contributed by atoms with Crippen molar-refractivity contribution in [3.05, 3.63) is 23.8 Å². The summed E-state index contributed by atoms with van der Waals surface area (Å²) in [4.78, 5) is 19.5. The highest BCUT2D eigenvalue weighted by molar-refractivity contribution is 5.70. The highest BCUT2D eigenvalue weighted by atomic mass is 19.4. The summed E-state index contributed by atoms with van der Waals surface area (Å²) in [6.07, 6.45) is -2.22. The molecular weight excluding hydrogens is 311 g/mol. The van der Waals surface area contributed by atoms with Crippen molar-refractivity contribution >= 4 is 6.09 Å². The molecule has 1 heterocycles. The van der Waals surface area contributed by atoms with E-state index in [2.05, 4.69) is 15.3 Å². The molecule has 1 amide bonds. The summed E-state index contributed by atoms with van der Waals surface area (Å²) < 4.78 is 43.4. The summed E-state index contributed by atoms with van der Waals surface area (Å²) >= 11 is 0. The van der Waals surface area contributed by atoms with Gasteiger partial charge < -0.3 is 10.1 Å². The van der Waals surface area contributed by atoms with E-state index >= 15 is 0 Å². The number of nitrogens with zero attached hydrogens (tertiary/aromatic N) is 2. The normalized spacial score (nSPS) is 29.3. The van der Waals surface area contributed by atoms with Gasteiger partial charge in [-0.3, -0.25) is 0 Å². The molecule has 0 unspecified atom stereocenters. The van der Waals surface area contributed by atoms with Crippen molar-refractivity contribution in [1.82, 2.24) is 15.3 Å². The van der Waals surface area contributed by atoms with Gasteiger partial charge in [0.1, 0.15) is 17.1 Å². The average Bonchev–Trinajstić information content (AvgIpc) is 2.28. The van der Waals surface area contributed by atoms with Crippen LogP contribution in [0.15, 0.2) is 12.3 Å². The Morgan fingerprint density at radius 3 is 2.39 bits per heavy atom. The molecule has 4 rings (SSSR count). The summed E-state index contributed by atoms with van der Waals surface area (Å²) in [5.74, 6) is 0.209. The molecule has 0 aromatic carbocycles. The molecule has 1 N–H and O–H groups in total. The Labute approximate surface area is 131 Å². The second-order valence-electron chi connectivity index (χ2n) is 7.48. The van der Waals surface area contributed by atoms with E-state index in [0.29, 0.717) is 19.3 Å². The van der Waals surface area contributed by atoms with Crippen LogP contribution in [-0.2, 0) is 16.3 Å². The highest BCUT2D eigenvalue weighted by Crippen LogP contribution is 2.67. The fourth-order valence-electron chi connectivity index (χ4n) is 3.45. The van der Waals surface area contributed by atoms with Crippen molar-refractivity contribution in [1.29, 1.82) is 0 Å². The molecule has 0 spiro atoms. The summed E-state index contributed by atoms with van der Waals surface area (Å²) in [6.45, 7) is 5.31. The van der Waals surface area contributed by atoms with Gasteiger partial charge in [0.2, 0.25) is 0 Å². The Hall–Kier alpha value is -1.86. The molecule has 8 heteroatoms. The van der Waals surface area contributed by atoms with Gasteiger partial charge in [0.15, 0.2) is 0 Å². The third kappa shape index (κ3) is 2.86. The monoisotopic (exact) mass is 329 g/mol. The SMILES string of the molecule is CC(C)(C)OC(=O)NC12CC(c3nccc(C(F)(F)F)n3)(C1)C2. The molecule has 1 aromatic heterocycles. The molecule has 1 aromatic rings.